The maximum Gasteiger partial charge on any atom is 0.335 e. The minimum absolute atomic E-state index is 0.100. The number of nitrogens with zero attached hydrogens (tertiary/aromatic N) is 3. The van der Waals surface area contributed by atoms with Crippen molar-refractivity contribution in [3.63, 3.8) is 0 Å². The highest BCUT2D eigenvalue weighted by Crippen LogP contribution is 2.39. The summed E-state index contributed by atoms with van der Waals surface area (Å²) in [5.74, 6) is -0.927. The van der Waals surface area contributed by atoms with Crippen LogP contribution in [0.1, 0.15) is 19.4 Å². The number of halogens is 3. The number of para-hydroxylation sites is 1. The van der Waals surface area contributed by atoms with Gasteiger partial charge in [-0.15, -0.1) is 0 Å². The molecule has 2 heterocycles. The number of hydrogen-bond acceptors (Lipinski definition) is 5. The number of carbonyl (C=O) groups is 1. The highest BCUT2D eigenvalue weighted by atomic mass is 35.5. The van der Waals surface area contributed by atoms with Gasteiger partial charge in [-0.1, -0.05) is 70.7 Å². The summed E-state index contributed by atoms with van der Waals surface area (Å²) in [6.07, 6.45) is 6.18. The predicted octanol–water partition coefficient (Wildman–Crippen LogP) is 5.50. The van der Waals surface area contributed by atoms with Crippen LogP contribution in [0.5, 0.6) is 5.88 Å². The molecule has 0 aliphatic carbocycles. The van der Waals surface area contributed by atoms with E-state index in [4.69, 9.17) is 34.8 Å². The van der Waals surface area contributed by atoms with Gasteiger partial charge in [0.2, 0.25) is 5.88 Å². The molecule has 0 saturated carbocycles. The fourth-order valence-corrected chi connectivity index (χ4v) is 4.57. The van der Waals surface area contributed by atoms with Gasteiger partial charge in [0.25, 0.3) is 11.5 Å². The molecule has 1 aliphatic rings. The second-order valence-electron chi connectivity index (χ2n) is 8.01. The molecule has 4 rings (SSSR count). The molecule has 2 aromatic carbocycles. The molecule has 0 bridgehead atoms. The van der Waals surface area contributed by atoms with Crippen molar-refractivity contribution in [2.75, 3.05) is 5.01 Å². The molecule has 2 N–H and O–H groups in total. The number of amides is 1. The molecular formula is C26H19Cl3N4O4. The molecule has 188 valence electrons. The lowest BCUT2D eigenvalue weighted by Gasteiger charge is -2.15. The Morgan fingerprint density at radius 3 is 2.35 bits per heavy atom. The largest absolute Gasteiger partial charge is 0.494 e. The van der Waals surface area contributed by atoms with E-state index >= 15 is 0 Å². The zero-order valence-electron chi connectivity index (χ0n) is 19.5. The summed E-state index contributed by atoms with van der Waals surface area (Å²) in [5.41, 5.74) is 0.428. The molecule has 1 amide bonds. The van der Waals surface area contributed by atoms with Crippen molar-refractivity contribution in [1.82, 2.24) is 9.55 Å². The lowest BCUT2D eigenvalue weighted by Crippen LogP contribution is -2.30. The first-order valence-electron chi connectivity index (χ1n) is 10.8. The van der Waals surface area contributed by atoms with Gasteiger partial charge in [0.1, 0.15) is 11.3 Å². The van der Waals surface area contributed by atoms with Gasteiger partial charge in [-0.2, -0.15) is 10.1 Å². The van der Waals surface area contributed by atoms with Crippen LogP contribution in [0.15, 0.2) is 86.5 Å². The number of carbonyl (C=O) groups excluding carboxylic acids is 1. The number of aromatic amines is 1. The number of rotatable bonds is 5. The van der Waals surface area contributed by atoms with Crippen molar-refractivity contribution in [3.8, 4) is 11.6 Å². The van der Waals surface area contributed by atoms with E-state index in [-0.39, 0.29) is 21.3 Å². The number of nitrogens with one attached hydrogen (secondary N) is 1. The summed E-state index contributed by atoms with van der Waals surface area (Å²) in [6, 6.07) is 11.4. The van der Waals surface area contributed by atoms with Crippen molar-refractivity contribution >= 4 is 58.2 Å². The number of anilines is 1. The smallest absolute Gasteiger partial charge is 0.335 e. The monoisotopic (exact) mass is 556 g/mol. The molecule has 0 saturated heterocycles. The number of H-pyrrole nitrogens is 1. The Labute approximate surface area is 226 Å². The molecule has 1 aliphatic heterocycles. The van der Waals surface area contributed by atoms with Crippen LogP contribution >= 0.6 is 34.8 Å². The van der Waals surface area contributed by atoms with Crippen LogP contribution in [0.25, 0.3) is 11.8 Å². The lowest BCUT2D eigenvalue weighted by molar-refractivity contribution is -0.114. The molecule has 37 heavy (non-hydrogen) atoms. The van der Waals surface area contributed by atoms with E-state index in [1.165, 1.54) is 18.2 Å². The predicted molar refractivity (Wildman–Crippen MR) is 147 cm³/mol. The third kappa shape index (κ3) is 5.32. The molecule has 0 radical (unpaired) electrons. The van der Waals surface area contributed by atoms with Crippen molar-refractivity contribution in [2.45, 2.75) is 13.8 Å². The van der Waals surface area contributed by atoms with Gasteiger partial charge < -0.3 is 5.11 Å². The van der Waals surface area contributed by atoms with Gasteiger partial charge in [0.05, 0.1) is 27.0 Å². The Kier molecular flexibility index (Phi) is 7.54. The third-order valence-electron chi connectivity index (χ3n) is 5.42. The average Bonchev–Trinajstić information content (AvgIpc) is 3.10. The SMILES string of the molecule is CC(C=Cc1c(O)n(-c2ccccc2)c(=O)[nH]c1=O)=C/C=C1\C(=O)N(c2c(Cl)cc(Cl)cc2Cl)N=C1C. The zero-order chi connectivity index (χ0) is 26.9. The first-order chi connectivity index (χ1) is 17.6. The van der Waals surface area contributed by atoms with E-state index in [1.54, 1.807) is 62.4 Å². The van der Waals surface area contributed by atoms with Gasteiger partial charge in [-0.25, -0.2) is 9.36 Å². The van der Waals surface area contributed by atoms with Crippen LogP contribution in [0, 0.1) is 0 Å². The second-order valence-corrected chi connectivity index (χ2v) is 9.26. The normalized spacial score (nSPS) is 15.2. The van der Waals surface area contributed by atoms with Crippen LogP contribution in [0.4, 0.5) is 5.69 Å². The molecule has 0 spiro atoms. The maximum absolute atomic E-state index is 13.0. The molecule has 0 fully saturated rings. The molecule has 11 heteroatoms. The van der Waals surface area contributed by atoms with E-state index in [2.05, 4.69) is 10.1 Å². The van der Waals surface area contributed by atoms with Gasteiger partial charge in [-0.3, -0.25) is 14.6 Å². The Bertz CT molecular complexity index is 1630. The minimum Gasteiger partial charge on any atom is -0.494 e. The summed E-state index contributed by atoms with van der Waals surface area (Å²) >= 11 is 18.5. The summed E-state index contributed by atoms with van der Waals surface area (Å²) in [4.78, 5) is 39.9. The molecule has 0 atom stereocenters. The highest BCUT2D eigenvalue weighted by Gasteiger charge is 2.31. The van der Waals surface area contributed by atoms with Crippen LogP contribution in [0.3, 0.4) is 0 Å². The molecule has 1 aromatic heterocycles. The topological polar surface area (TPSA) is 108 Å². The fraction of sp³-hybridized carbons (Fsp3) is 0.0769. The number of aromatic hydroxyl groups is 1. The van der Waals surface area contributed by atoms with Gasteiger partial charge in [0.15, 0.2) is 0 Å². The van der Waals surface area contributed by atoms with Crippen LogP contribution < -0.4 is 16.3 Å². The molecular weight excluding hydrogens is 539 g/mol. The van der Waals surface area contributed by atoms with Crippen molar-refractivity contribution in [2.24, 2.45) is 5.10 Å². The number of aromatic nitrogens is 2. The van der Waals surface area contributed by atoms with Gasteiger partial charge in [0, 0.05) is 5.02 Å². The zero-order valence-corrected chi connectivity index (χ0v) is 21.8. The Morgan fingerprint density at radius 1 is 1.05 bits per heavy atom. The number of hydrazone groups is 1. The van der Waals surface area contributed by atoms with E-state index in [9.17, 15) is 19.5 Å². The Hall–Kier alpha value is -3.85. The second kappa shape index (κ2) is 10.6. The van der Waals surface area contributed by atoms with E-state index < -0.39 is 23.0 Å². The van der Waals surface area contributed by atoms with Gasteiger partial charge >= 0.3 is 5.69 Å². The summed E-state index contributed by atoms with van der Waals surface area (Å²) < 4.78 is 1.00. The highest BCUT2D eigenvalue weighted by molar-refractivity contribution is 6.43. The van der Waals surface area contributed by atoms with Crippen LogP contribution in [-0.4, -0.2) is 26.3 Å². The number of allylic oxidation sites excluding steroid dienone is 4. The van der Waals surface area contributed by atoms with E-state index in [1.807, 2.05) is 0 Å². The molecule has 0 unspecified atom stereocenters. The first-order valence-corrected chi connectivity index (χ1v) is 12.0. The van der Waals surface area contributed by atoms with E-state index in [0.717, 1.165) is 9.58 Å². The summed E-state index contributed by atoms with van der Waals surface area (Å²) in [6.45, 7) is 3.41. The summed E-state index contributed by atoms with van der Waals surface area (Å²) in [7, 11) is 0. The van der Waals surface area contributed by atoms with Crippen LogP contribution in [-0.2, 0) is 4.79 Å². The fourth-order valence-electron chi connectivity index (χ4n) is 3.59. The van der Waals surface area contributed by atoms with Crippen molar-refractivity contribution < 1.29 is 9.90 Å². The molecule has 3 aromatic rings. The summed E-state index contributed by atoms with van der Waals surface area (Å²) in [5, 5.41) is 16.7. The lowest BCUT2D eigenvalue weighted by atomic mass is 10.1. The first kappa shape index (κ1) is 26.2. The van der Waals surface area contributed by atoms with E-state index in [0.29, 0.717) is 27.6 Å². The van der Waals surface area contributed by atoms with Crippen molar-refractivity contribution in [1.29, 1.82) is 0 Å². The standard InChI is InChI=1S/C26H19Cl3N4O4/c1-14(9-11-19-23(34)30-26(37)32(24(19)35)17-6-4-3-5-7-17)8-10-18-15(2)31-33(25(18)36)22-20(28)12-16(27)13-21(22)29/h3-13,35H,1-2H3,(H,30,34,37)/b11-9?,14-8?,18-10-. The van der Waals surface area contributed by atoms with Crippen molar-refractivity contribution in [3.05, 3.63) is 113 Å². The number of benzene rings is 2. The van der Waals surface area contributed by atoms with Crippen LogP contribution in [0.2, 0.25) is 15.1 Å². The number of hydrogen-bond donors (Lipinski definition) is 2. The average molecular weight is 558 g/mol. The van der Waals surface area contributed by atoms with Gasteiger partial charge in [-0.05, 0) is 50.3 Å². The Balaban J connectivity index is 1.62. The minimum atomic E-state index is -0.761. The maximum atomic E-state index is 13.0. The molecule has 8 nitrogen and oxygen atoms in total. The Morgan fingerprint density at radius 2 is 1.70 bits per heavy atom. The third-order valence-corrected chi connectivity index (χ3v) is 6.21. The quantitative estimate of drug-likeness (QED) is 0.319.